The Morgan fingerprint density at radius 3 is 2.15 bits per heavy atom. The molecule has 3 N–H and O–H groups in total. The third-order valence-electron chi connectivity index (χ3n) is 3.33. The molecule has 7 nitrogen and oxygen atoms in total. The van der Waals surface area contributed by atoms with Crippen LogP contribution in [0.25, 0.3) is 0 Å². The van der Waals surface area contributed by atoms with E-state index in [0.29, 0.717) is 12.1 Å². The summed E-state index contributed by atoms with van der Waals surface area (Å²) < 4.78 is 5.16. The highest BCUT2D eigenvalue weighted by molar-refractivity contribution is 6.00. The van der Waals surface area contributed by atoms with Gasteiger partial charge in [0.05, 0.1) is 6.04 Å². The second kappa shape index (κ2) is 9.03. The Hall–Kier alpha value is -2.83. The zero-order valence-corrected chi connectivity index (χ0v) is 15.6. The van der Waals surface area contributed by atoms with Crippen LogP contribution in [-0.4, -0.2) is 34.7 Å². The van der Waals surface area contributed by atoms with Crippen LogP contribution in [0.5, 0.6) is 0 Å². The second-order valence-electron chi connectivity index (χ2n) is 7.02. The predicted octanol–water partition coefficient (Wildman–Crippen LogP) is 3.04. The number of carboxylic acid groups (broad SMARTS) is 1. The molecule has 1 rings (SSSR count). The maximum Gasteiger partial charge on any atom is 0.407 e. The fourth-order valence-corrected chi connectivity index (χ4v) is 2.17. The third kappa shape index (κ3) is 7.83. The average molecular weight is 362 g/mol. The minimum Gasteiger partial charge on any atom is -0.465 e. The Morgan fingerprint density at radius 1 is 1.15 bits per heavy atom. The van der Waals surface area contributed by atoms with Gasteiger partial charge in [0, 0.05) is 13.0 Å². The van der Waals surface area contributed by atoms with Crippen molar-refractivity contribution in [2.24, 2.45) is 0 Å². The van der Waals surface area contributed by atoms with E-state index in [4.69, 9.17) is 9.84 Å². The van der Waals surface area contributed by atoms with E-state index in [1.165, 1.54) is 0 Å². The van der Waals surface area contributed by atoms with Crippen LogP contribution in [0.15, 0.2) is 36.4 Å². The number of nitrogens with one attached hydrogen (secondary N) is 2. The van der Waals surface area contributed by atoms with Crippen molar-refractivity contribution in [2.75, 3.05) is 0 Å². The standard InChI is InChI=1S/C19H26N2O5/c1-12(2)16(22)15(21-17(23)24)10-13-6-8-14(9-7-13)11-20-18(25)26-19(3,4)5/h6-9,15,21H,1,10-11H2,2-5H3,(H,20,25)(H,23,24). The number of hydrogen-bond acceptors (Lipinski definition) is 4. The van der Waals surface area contributed by atoms with Gasteiger partial charge in [-0.05, 0) is 44.4 Å². The van der Waals surface area contributed by atoms with Crippen LogP contribution >= 0.6 is 0 Å². The summed E-state index contributed by atoms with van der Waals surface area (Å²) in [6.07, 6.45) is -1.54. The van der Waals surface area contributed by atoms with Gasteiger partial charge in [0.2, 0.25) is 0 Å². The molecule has 1 aromatic carbocycles. The number of benzene rings is 1. The first-order chi connectivity index (χ1) is 12.0. The summed E-state index contributed by atoms with van der Waals surface area (Å²) in [5, 5.41) is 13.8. The minimum atomic E-state index is -1.26. The van der Waals surface area contributed by atoms with E-state index in [1.807, 2.05) is 0 Å². The van der Waals surface area contributed by atoms with Crippen LogP contribution in [0, 0.1) is 0 Å². The maximum atomic E-state index is 12.1. The summed E-state index contributed by atoms with van der Waals surface area (Å²) in [6, 6.07) is 6.30. The fraction of sp³-hybridized carbons (Fsp3) is 0.421. The van der Waals surface area contributed by atoms with Crippen molar-refractivity contribution >= 4 is 18.0 Å². The van der Waals surface area contributed by atoms with Gasteiger partial charge < -0.3 is 20.5 Å². The van der Waals surface area contributed by atoms with E-state index < -0.39 is 23.8 Å². The Kier molecular flexibility index (Phi) is 7.37. The van der Waals surface area contributed by atoms with Crippen LogP contribution < -0.4 is 10.6 Å². The molecule has 0 saturated heterocycles. The Balaban J connectivity index is 2.67. The zero-order chi connectivity index (χ0) is 19.9. The van der Waals surface area contributed by atoms with Gasteiger partial charge >= 0.3 is 12.2 Å². The van der Waals surface area contributed by atoms with Crippen molar-refractivity contribution in [2.45, 2.75) is 52.3 Å². The zero-order valence-electron chi connectivity index (χ0n) is 15.6. The molecular weight excluding hydrogens is 336 g/mol. The lowest BCUT2D eigenvalue weighted by atomic mass is 9.98. The summed E-state index contributed by atoms with van der Waals surface area (Å²) >= 11 is 0. The first-order valence-electron chi connectivity index (χ1n) is 8.22. The summed E-state index contributed by atoms with van der Waals surface area (Å²) in [7, 11) is 0. The average Bonchev–Trinajstić information content (AvgIpc) is 2.50. The van der Waals surface area contributed by atoms with Crippen molar-refractivity contribution in [3.8, 4) is 0 Å². The Bertz CT molecular complexity index is 674. The number of Topliss-reactive ketones (excluding diaryl/α,β-unsaturated/α-hetero) is 1. The van der Waals surface area contributed by atoms with E-state index >= 15 is 0 Å². The van der Waals surface area contributed by atoms with E-state index in [1.54, 1.807) is 52.0 Å². The topological polar surface area (TPSA) is 105 Å². The normalized spacial score (nSPS) is 12.0. The van der Waals surface area contributed by atoms with E-state index in [9.17, 15) is 14.4 Å². The lowest BCUT2D eigenvalue weighted by molar-refractivity contribution is -0.117. The lowest BCUT2D eigenvalue weighted by Crippen LogP contribution is -2.41. The highest BCUT2D eigenvalue weighted by Gasteiger charge is 2.21. The molecule has 0 aliphatic rings. The van der Waals surface area contributed by atoms with Gasteiger partial charge in [-0.3, -0.25) is 4.79 Å². The van der Waals surface area contributed by atoms with E-state index in [2.05, 4.69) is 17.2 Å². The molecule has 26 heavy (non-hydrogen) atoms. The number of alkyl carbamates (subject to hydrolysis) is 1. The van der Waals surface area contributed by atoms with Gasteiger partial charge in [-0.25, -0.2) is 9.59 Å². The monoisotopic (exact) mass is 362 g/mol. The van der Waals surface area contributed by atoms with Crippen LogP contribution in [0.4, 0.5) is 9.59 Å². The first-order valence-corrected chi connectivity index (χ1v) is 8.22. The number of rotatable bonds is 7. The van der Waals surface area contributed by atoms with Crippen molar-refractivity contribution in [1.82, 2.24) is 10.6 Å². The van der Waals surface area contributed by atoms with Gasteiger partial charge in [0.15, 0.2) is 5.78 Å². The van der Waals surface area contributed by atoms with Gasteiger partial charge in [-0.1, -0.05) is 30.8 Å². The summed E-state index contributed by atoms with van der Waals surface area (Å²) in [6.45, 7) is 10.8. The Morgan fingerprint density at radius 2 is 1.69 bits per heavy atom. The van der Waals surface area contributed by atoms with Crippen LogP contribution in [-0.2, 0) is 22.5 Å². The molecule has 0 aromatic heterocycles. The van der Waals surface area contributed by atoms with Crippen LogP contribution in [0.1, 0.15) is 38.8 Å². The first kappa shape index (κ1) is 21.2. The molecule has 2 amide bonds. The number of carbonyl (C=O) groups excluding carboxylic acids is 2. The van der Waals surface area contributed by atoms with Gasteiger partial charge in [-0.2, -0.15) is 0 Å². The largest absolute Gasteiger partial charge is 0.465 e. The molecule has 7 heteroatoms. The summed E-state index contributed by atoms with van der Waals surface area (Å²) in [4.78, 5) is 34.6. The lowest BCUT2D eigenvalue weighted by Gasteiger charge is -2.19. The summed E-state index contributed by atoms with van der Waals surface area (Å²) in [5.74, 6) is -0.344. The number of hydrogen-bond donors (Lipinski definition) is 3. The SMILES string of the molecule is C=C(C)C(=O)C(Cc1ccc(CNC(=O)OC(C)(C)C)cc1)NC(=O)O. The van der Waals surface area contributed by atoms with E-state index in [-0.39, 0.29) is 12.2 Å². The van der Waals surface area contributed by atoms with Crippen molar-refractivity contribution in [1.29, 1.82) is 0 Å². The molecule has 0 fully saturated rings. The molecule has 0 aliphatic carbocycles. The van der Waals surface area contributed by atoms with Crippen LogP contribution in [0.2, 0.25) is 0 Å². The number of ketones is 1. The van der Waals surface area contributed by atoms with Gasteiger partial charge in [0.1, 0.15) is 5.60 Å². The van der Waals surface area contributed by atoms with Gasteiger partial charge in [-0.15, -0.1) is 0 Å². The van der Waals surface area contributed by atoms with E-state index in [0.717, 1.165) is 11.1 Å². The number of ether oxygens (including phenoxy) is 1. The maximum absolute atomic E-state index is 12.1. The molecule has 0 aliphatic heterocycles. The van der Waals surface area contributed by atoms with Crippen molar-refractivity contribution < 1.29 is 24.2 Å². The minimum absolute atomic E-state index is 0.220. The second-order valence-corrected chi connectivity index (χ2v) is 7.02. The smallest absolute Gasteiger partial charge is 0.407 e. The fourth-order valence-electron chi connectivity index (χ4n) is 2.17. The molecule has 0 heterocycles. The molecule has 0 spiro atoms. The van der Waals surface area contributed by atoms with Crippen molar-refractivity contribution in [3.63, 3.8) is 0 Å². The van der Waals surface area contributed by atoms with Gasteiger partial charge in [0.25, 0.3) is 0 Å². The number of amides is 2. The molecule has 0 bridgehead atoms. The highest BCUT2D eigenvalue weighted by atomic mass is 16.6. The Labute approximate surface area is 153 Å². The van der Waals surface area contributed by atoms with Crippen molar-refractivity contribution in [3.05, 3.63) is 47.5 Å². The molecular formula is C19H26N2O5. The predicted molar refractivity (Wildman–Crippen MR) is 98.0 cm³/mol. The molecule has 0 radical (unpaired) electrons. The highest BCUT2D eigenvalue weighted by Crippen LogP contribution is 2.11. The third-order valence-corrected chi connectivity index (χ3v) is 3.33. The number of carbonyl (C=O) groups is 3. The molecule has 1 atom stereocenters. The molecule has 1 aromatic rings. The summed E-state index contributed by atoms with van der Waals surface area (Å²) in [5.41, 5.74) is 1.38. The molecule has 1 unspecified atom stereocenters. The quantitative estimate of drug-likeness (QED) is 0.647. The molecule has 142 valence electrons. The molecule has 0 saturated carbocycles. The van der Waals surface area contributed by atoms with Crippen LogP contribution in [0.3, 0.4) is 0 Å².